The first-order valence-corrected chi connectivity index (χ1v) is 6.72. The maximum Gasteiger partial charge on any atom is 0.305 e. The van der Waals surface area contributed by atoms with E-state index < -0.39 is 4.92 Å². The Morgan fingerprint density at radius 2 is 2.20 bits per heavy atom. The first-order chi connectivity index (χ1) is 9.67. The predicted molar refractivity (Wildman–Crippen MR) is 72.2 cm³/mol. The van der Waals surface area contributed by atoms with E-state index in [1.807, 2.05) is 0 Å². The summed E-state index contributed by atoms with van der Waals surface area (Å²) in [6, 6.07) is 5.03. The van der Waals surface area contributed by atoms with Crippen molar-refractivity contribution in [3.63, 3.8) is 0 Å². The van der Waals surface area contributed by atoms with Gasteiger partial charge in [0.1, 0.15) is 11.9 Å². The Morgan fingerprint density at radius 3 is 2.75 bits per heavy atom. The summed E-state index contributed by atoms with van der Waals surface area (Å²) in [5, 5.41) is 23.1. The Morgan fingerprint density at radius 1 is 1.45 bits per heavy atom. The zero-order chi connectivity index (χ0) is 14.1. The lowest BCUT2D eigenvalue weighted by molar-refractivity contribution is -0.385. The number of hydrogen-bond acceptors (Lipinski definition) is 6. The van der Waals surface area contributed by atoms with Crippen molar-refractivity contribution in [3.8, 4) is 6.07 Å². The van der Waals surface area contributed by atoms with E-state index in [-0.39, 0.29) is 11.4 Å². The van der Waals surface area contributed by atoms with Gasteiger partial charge in [0.15, 0.2) is 0 Å². The van der Waals surface area contributed by atoms with Crippen molar-refractivity contribution < 1.29 is 4.92 Å². The van der Waals surface area contributed by atoms with Gasteiger partial charge in [0, 0.05) is 18.7 Å². The predicted octanol–water partition coefficient (Wildman–Crippen LogP) is 1.37. The monoisotopic (exact) mass is 273 g/mol. The molecule has 1 aromatic rings. The summed E-state index contributed by atoms with van der Waals surface area (Å²) >= 11 is 0. The number of anilines is 1. The standard InChI is InChI=1S/C13H15N5O2/c14-7-10-12(18(19)20)1-2-13(15-10)16-11-8-17-5-3-9(11)4-6-17/h1-2,9,11H,3-6,8H2,(H,15,16). The second-order valence-electron chi connectivity index (χ2n) is 5.32. The minimum atomic E-state index is -0.580. The molecule has 3 aliphatic heterocycles. The van der Waals surface area contributed by atoms with Crippen LogP contribution in [0.15, 0.2) is 12.1 Å². The third kappa shape index (κ3) is 2.30. The summed E-state index contributed by atoms with van der Waals surface area (Å²) < 4.78 is 0. The van der Waals surface area contributed by atoms with Gasteiger partial charge in [-0.1, -0.05) is 0 Å². The van der Waals surface area contributed by atoms with Crippen LogP contribution in [0.5, 0.6) is 0 Å². The molecule has 1 N–H and O–H groups in total. The van der Waals surface area contributed by atoms with Gasteiger partial charge in [0.05, 0.1) is 4.92 Å². The number of pyridine rings is 1. The van der Waals surface area contributed by atoms with Crippen LogP contribution in [0.4, 0.5) is 11.5 Å². The Balaban J connectivity index is 1.78. The molecule has 0 spiro atoms. The number of piperidine rings is 3. The number of rotatable bonds is 3. The maximum absolute atomic E-state index is 10.8. The number of nitrogens with zero attached hydrogens (tertiary/aromatic N) is 4. The van der Waals surface area contributed by atoms with Crippen LogP contribution in [0.25, 0.3) is 0 Å². The molecule has 4 heterocycles. The van der Waals surface area contributed by atoms with Gasteiger partial charge in [-0.25, -0.2) is 4.98 Å². The lowest BCUT2D eigenvalue weighted by atomic mass is 9.84. The van der Waals surface area contributed by atoms with Gasteiger partial charge in [-0.05, 0) is 37.9 Å². The van der Waals surface area contributed by atoms with Gasteiger partial charge in [0.25, 0.3) is 0 Å². The van der Waals surface area contributed by atoms with Gasteiger partial charge in [-0.3, -0.25) is 10.1 Å². The van der Waals surface area contributed by atoms with Crippen LogP contribution in [0.1, 0.15) is 18.5 Å². The highest BCUT2D eigenvalue weighted by Crippen LogP contribution is 2.29. The van der Waals surface area contributed by atoms with E-state index in [0.717, 1.165) is 19.6 Å². The molecule has 1 atom stereocenters. The molecule has 20 heavy (non-hydrogen) atoms. The molecule has 7 nitrogen and oxygen atoms in total. The summed E-state index contributed by atoms with van der Waals surface area (Å²) in [4.78, 5) is 16.7. The lowest BCUT2D eigenvalue weighted by Gasteiger charge is -2.45. The van der Waals surface area contributed by atoms with Crippen molar-refractivity contribution in [2.24, 2.45) is 5.92 Å². The largest absolute Gasteiger partial charge is 0.366 e. The van der Waals surface area contributed by atoms with Crippen LogP contribution in [0.3, 0.4) is 0 Å². The van der Waals surface area contributed by atoms with Crippen LogP contribution in [0, 0.1) is 27.4 Å². The molecular weight excluding hydrogens is 258 g/mol. The molecule has 3 saturated heterocycles. The van der Waals surface area contributed by atoms with Crippen LogP contribution in [0.2, 0.25) is 0 Å². The van der Waals surface area contributed by atoms with Crippen LogP contribution in [-0.2, 0) is 0 Å². The topological polar surface area (TPSA) is 95.1 Å². The molecule has 3 fully saturated rings. The molecular formula is C13H15N5O2. The van der Waals surface area contributed by atoms with Gasteiger partial charge in [-0.15, -0.1) is 0 Å². The molecule has 3 aliphatic rings. The highest BCUT2D eigenvalue weighted by molar-refractivity contribution is 5.50. The van der Waals surface area contributed by atoms with Crippen LogP contribution >= 0.6 is 0 Å². The summed E-state index contributed by atoms with van der Waals surface area (Å²) in [6.45, 7) is 3.28. The fourth-order valence-corrected chi connectivity index (χ4v) is 3.08. The third-order valence-electron chi connectivity index (χ3n) is 4.17. The normalized spacial score (nSPS) is 27.9. The zero-order valence-corrected chi connectivity index (χ0v) is 11.0. The fraction of sp³-hybridized carbons (Fsp3) is 0.538. The maximum atomic E-state index is 10.8. The SMILES string of the molecule is N#Cc1nc(NC2CN3CCC2CC3)ccc1[N+](=O)[O-]. The van der Waals surface area contributed by atoms with Crippen molar-refractivity contribution in [2.75, 3.05) is 25.0 Å². The van der Waals surface area contributed by atoms with Gasteiger partial charge in [0.2, 0.25) is 5.69 Å². The van der Waals surface area contributed by atoms with Crippen molar-refractivity contribution >= 4 is 11.5 Å². The first-order valence-electron chi connectivity index (χ1n) is 6.72. The average molecular weight is 273 g/mol. The summed E-state index contributed by atoms with van der Waals surface area (Å²) in [5.74, 6) is 1.17. The summed E-state index contributed by atoms with van der Waals surface area (Å²) in [6.07, 6.45) is 2.35. The average Bonchev–Trinajstić information content (AvgIpc) is 2.48. The Kier molecular flexibility index (Phi) is 3.24. The number of nitrogens with one attached hydrogen (secondary N) is 1. The lowest BCUT2D eigenvalue weighted by Crippen LogP contribution is -2.53. The second-order valence-corrected chi connectivity index (χ2v) is 5.32. The molecule has 0 aromatic carbocycles. The summed E-state index contributed by atoms with van der Waals surface area (Å²) in [5.41, 5.74) is -0.381. The molecule has 0 radical (unpaired) electrons. The molecule has 0 amide bonds. The van der Waals surface area contributed by atoms with Crippen LogP contribution in [-0.4, -0.2) is 40.5 Å². The van der Waals surface area contributed by atoms with Gasteiger partial charge in [-0.2, -0.15) is 5.26 Å². The number of fused-ring (bicyclic) bond motifs is 3. The molecule has 2 bridgehead atoms. The van der Waals surface area contributed by atoms with E-state index in [1.165, 1.54) is 18.9 Å². The number of nitriles is 1. The molecule has 104 valence electrons. The molecule has 0 saturated carbocycles. The summed E-state index contributed by atoms with van der Waals surface area (Å²) in [7, 11) is 0. The second kappa shape index (κ2) is 5.06. The molecule has 1 unspecified atom stereocenters. The molecule has 1 aromatic heterocycles. The van der Waals surface area contributed by atoms with Gasteiger partial charge >= 0.3 is 5.69 Å². The Bertz CT molecular complexity index is 575. The molecule has 7 heteroatoms. The van der Waals surface area contributed by atoms with Crippen molar-refractivity contribution in [3.05, 3.63) is 27.9 Å². The van der Waals surface area contributed by atoms with E-state index >= 15 is 0 Å². The highest BCUT2D eigenvalue weighted by Gasteiger charge is 2.34. The van der Waals surface area contributed by atoms with E-state index in [1.54, 1.807) is 12.1 Å². The van der Waals surface area contributed by atoms with Crippen molar-refractivity contribution in [1.29, 1.82) is 5.26 Å². The first kappa shape index (κ1) is 12.8. The minimum Gasteiger partial charge on any atom is -0.366 e. The third-order valence-corrected chi connectivity index (χ3v) is 4.17. The van der Waals surface area contributed by atoms with Crippen molar-refractivity contribution in [1.82, 2.24) is 9.88 Å². The quantitative estimate of drug-likeness (QED) is 0.660. The number of nitro groups is 1. The molecule has 0 aliphatic carbocycles. The van der Waals surface area contributed by atoms with E-state index in [9.17, 15) is 10.1 Å². The van der Waals surface area contributed by atoms with E-state index in [2.05, 4.69) is 15.2 Å². The van der Waals surface area contributed by atoms with Crippen molar-refractivity contribution in [2.45, 2.75) is 18.9 Å². The molecule has 4 rings (SSSR count). The van der Waals surface area contributed by atoms with Gasteiger partial charge < -0.3 is 10.2 Å². The Hall–Kier alpha value is -2.20. The van der Waals surface area contributed by atoms with E-state index in [4.69, 9.17) is 5.26 Å². The Labute approximate surface area is 116 Å². The van der Waals surface area contributed by atoms with E-state index in [0.29, 0.717) is 17.8 Å². The number of hydrogen-bond donors (Lipinski definition) is 1. The minimum absolute atomic E-state index is 0.138. The highest BCUT2D eigenvalue weighted by atomic mass is 16.6. The zero-order valence-electron chi connectivity index (χ0n) is 11.0. The smallest absolute Gasteiger partial charge is 0.305 e. The van der Waals surface area contributed by atoms with Crippen LogP contribution < -0.4 is 5.32 Å². The fourth-order valence-electron chi connectivity index (χ4n) is 3.08. The number of aromatic nitrogens is 1.